The second-order valence-corrected chi connectivity index (χ2v) is 5.21. The van der Waals surface area contributed by atoms with Crippen molar-refractivity contribution in [2.45, 2.75) is 57.2 Å². The summed E-state index contributed by atoms with van der Waals surface area (Å²) >= 11 is 0. The highest BCUT2D eigenvalue weighted by atomic mass is 16.3. The molecule has 0 radical (unpaired) electrons. The van der Waals surface area contributed by atoms with Gasteiger partial charge in [-0.3, -0.25) is 4.79 Å². The summed E-state index contributed by atoms with van der Waals surface area (Å²) in [6.07, 6.45) is 4.03. The molecule has 0 heterocycles. The lowest BCUT2D eigenvalue weighted by atomic mass is 9.82. The Labute approximate surface area is 90.2 Å². The van der Waals surface area contributed by atoms with E-state index in [9.17, 15) is 4.79 Å². The molecule has 2 saturated carbocycles. The maximum atomic E-state index is 12.0. The molecule has 4 heteroatoms. The Hall–Kier alpha value is -0.610. The number of hydrogen-bond acceptors (Lipinski definition) is 3. The molecule has 15 heavy (non-hydrogen) atoms. The van der Waals surface area contributed by atoms with E-state index < -0.39 is 0 Å². The first-order chi connectivity index (χ1) is 7.02. The first-order valence-electron chi connectivity index (χ1n) is 5.77. The van der Waals surface area contributed by atoms with Crippen LogP contribution in [0.1, 0.15) is 39.0 Å². The van der Waals surface area contributed by atoms with Gasteiger partial charge in [-0.15, -0.1) is 0 Å². The van der Waals surface area contributed by atoms with E-state index in [-0.39, 0.29) is 29.5 Å². The minimum atomic E-state index is -0.388. The Kier molecular flexibility index (Phi) is 2.73. The zero-order valence-corrected chi connectivity index (χ0v) is 9.20. The Bertz CT molecular complexity index is 263. The number of carbonyl (C=O) groups excluding carboxylic acids is 1. The first kappa shape index (κ1) is 10.9. The molecule has 0 aliphatic heterocycles. The fourth-order valence-electron chi connectivity index (χ4n) is 2.53. The lowest BCUT2D eigenvalue weighted by molar-refractivity contribution is -0.132. The summed E-state index contributed by atoms with van der Waals surface area (Å²) in [4.78, 5) is 12.0. The Balaban J connectivity index is 1.90. The number of nitrogens with two attached hydrogens (primary N) is 1. The van der Waals surface area contributed by atoms with Gasteiger partial charge in [-0.2, -0.15) is 0 Å². The molecular formula is C11H20N2O2. The third kappa shape index (κ3) is 1.88. The lowest BCUT2D eigenvalue weighted by Gasteiger charge is -2.36. The molecular weight excluding hydrogens is 192 g/mol. The van der Waals surface area contributed by atoms with Crippen molar-refractivity contribution >= 4 is 5.91 Å². The van der Waals surface area contributed by atoms with Crippen LogP contribution in [0.2, 0.25) is 0 Å². The summed E-state index contributed by atoms with van der Waals surface area (Å²) in [6, 6.07) is 0.152. The fraction of sp³-hybridized carbons (Fsp3) is 0.909. The third-order valence-corrected chi connectivity index (χ3v) is 4.00. The van der Waals surface area contributed by atoms with Gasteiger partial charge in [0, 0.05) is 12.1 Å². The number of amides is 1. The molecule has 2 fully saturated rings. The number of carbonyl (C=O) groups is 1. The second kappa shape index (κ2) is 3.76. The fourth-order valence-corrected chi connectivity index (χ4v) is 2.53. The van der Waals surface area contributed by atoms with Gasteiger partial charge < -0.3 is 16.2 Å². The summed E-state index contributed by atoms with van der Waals surface area (Å²) in [5.74, 6) is 0.0735. The zero-order chi connectivity index (χ0) is 11.1. The number of aliphatic hydroxyl groups excluding tert-OH is 1. The topological polar surface area (TPSA) is 75.3 Å². The van der Waals surface area contributed by atoms with Gasteiger partial charge in [-0.25, -0.2) is 0 Å². The van der Waals surface area contributed by atoms with Crippen LogP contribution in [-0.4, -0.2) is 29.2 Å². The molecule has 4 nitrogen and oxygen atoms in total. The van der Waals surface area contributed by atoms with Gasteiger partial charge in [0.1, 0.15) is 0 Å². The van der Waals surface area contributed by atoms with Crippen molar-refractivity contribution in [3.63, 3.8) is 0 Å². The van der Waals surface area contributed by atoms with Crippen LogP contribution < -0.4 is 11.1 Å². The summed E-state index contributed by atoms with van der Waals surface area (Å²) in [6.45, 7) is 1.95. The van der Waals surface area contributed by atoms with E-state index in [2.05, 4.69) is 5.32 Å². The summed E-state index contributed by atoms with van der Waals surface area (Å²) in [5, 5.41) is 12.1. The molecule has 0 saturated heterocycles. The average molecular weight is 212 g/mol. The van der Waals surface area contributed by atoms with Crippen molar-refractivity contribution in [1.29, 1.82) is 0 Å². The van der Waals surface area contributed by atoms with Gasteiger partial charge in [-0.05, 0) is 32.6 Å². The highest BCUT2D eigenvalue weighted by molar-refractivity contribution is 5.83. The summed E-state index contributed by atoms with van der Waals surface area (Å²) in [5.41, 5.74) is 5.58. The van der Waals surface area contributed by atoms with Gasteiger partial charge in [-0.1, -0.05) is 6.42 Å². The SMILES string of the molecule is CC1(C(=O)NC2CC(O)C2)CCCC1N. The van der Waals surface area contributed by atoms with Crippen LogP contribution in [0.15, 0.2) is 0 Å². The summed E-state index contributed by atoms with van der Waals surface area (Å²) in [7, 11) is 0. The van der Waals surface area contributed by atoms with E-state index in [0.717, 1.165) is 19.3 Å². The van der Waals surface area contributed by atoms with E-state index in [4.69, 9.17) is 10.8 Å². The van der Waals surface area contributed by atoms with Crippen molar-refractivity contribution in [1.82, 2.24) is 5.32 Å². The molecule has 86 valence electrons. The van der Waals surface area contributed by atoms with Crippen LogP contribution in [-0.2, 0) is 4.79 Å². The van der Waals surface area contributed by atoms with E-state index >= 15 is 0 Å². The Morgan fingerprint density at radius 1 is 1.53 bits per heavy atom. The van der Waals surface area contributed by atoms with Crippen molar-refractivity contribution in [2.24, 2.45) is 11.1 Å². The maximum Gasteiger partial charge on any atom is 0.227 e. The predicted octanol–water partition coefficient (Wildman–Crippen LogP) is 0.143. The van der Waals surface area contributed by atoms with E-state index in [1.165, 1.54) is 0 Å². The lowest BCUT2D eigenvalue weighted by Crippen LogP contribution is -2.54. The minimum absolute atomic E-state index is 0.0116. The monoisotopic (exact) mass is 212 g/mol. The second-order valence-electron chi connectivity index (χ2n) is 5.21. The Morgan fingerprint density at radius 3 is 2.67 bits per heavy atom. The van der Waals surface area contributed by atoms with Crippen LogP contribution in [0.4, 0.5) is 0 Å². The molecule has 2 atom stereocenters. The molecule has 4 N–H and O–H groups in total. The predicted molar refractivity (Wildman–Crippen MR) is 57.1 cm³/mol. The van der Waals surface area contributed by atoms with Crippen molar-refractivity contribution < 1.29 is 9.90 Å². The molecule has 0 spiro atoms. The number of hydrogen-bond donors (Lipinski definition) is 3. The third-order valence-electron chi connectivity index (χ3n) is 4.00. The van der Waals surface area contributed by atoms with Gasteiger partial charge in [0.05, 0.1) is 11.5 Å². The maximum absolute atomic E-state index is 12.0. The molecule has 2 aliphatic rings. The first-order valence-corrected chi connectivity index (χ1v) is 5.77. The molecule has 2 unspecified atom stereocenters. The van der Waals surface area contributed by atoms with E-state index in [0.29, 0.717) is 12.8 Å². The van der Waals surface area contributed by atoms with Gasteiger partial charge in [0.2, 0.25) is 5.91 Å². The highest BCUT2D eigenvalue weighted by Gasteiger charge is 2.44. The zero-order valence-electron chi connectivity index (χ0n) is 9.20. The molecule has 2 aliphatic carbocycles. The smallest absolute Gasteiger partial charge is 0.227 e. The quantitative estimate of drug-likeness (QED) is 0.609. The van der Waals surface area contributed by atoms with E-state index in [1.54, 1.807) is 0 Å². The van der Waals surface area contributed by atoms with Gasteiger partial charge in [0.25, 0.3) is 0 Å². The number of aliphatic hydroxyl groups is 1. The van der Waals surface area contributed by atoms with Crippen LogP contribution in [0.5, 0.6) is 0 Å². The molecule has 1 amide bonds. The Morgan fingerprint density at radius 2 is 2.20 bits per heavy atom. The van der Waals surface area contributed by atoms with Crippen molar-refractivity contribution in [3.8, 4) is 0 Å². The number of rotatable bonds is 2. The largest absolute Gasteiger partial charge is 0.393 e. The number of nitrogens with one attached hydrogen (secondary N) is 1. The normalized spacial score (nSPS) is 44.9. The standard InChI is InChI=1S/C11H20N2O2/c1-11(4-2-3-9(11)12)10(15)13-7-5-8(14)6-7/h7-9,14H,2-6,12H2,1H3,(H,13,15). The summed E-state index contributed by atoms with van der Waals surface area (Å²) < 4.78 is 0. The average Bonchev–Trinajstić information content (AvgIpc) is 2.46. The van der Waals surface area contributed by atoms with E-state index in [1.807, 2.05) is 6.92 Å². The highest BCUT2D eigenvalue weighted by Crippen LogP contribution is 2.37. The van der Waals surface area contributed by atoms with Crippen LogP contribution in [0, 0.1) is 5.41 Å². The molecule has 2 rings (SSSR count). The van der Waals surface area contributed by atoms with Gasteiger partial charge >= 0.3 is 0 Å². The molecule has 0 aromatic heterocycles. The van der Waals surface area contributed by atoms with Crippen LogP contribution in [0.25, 0.3) is 0 Å². The van der Waals surface area contributed by atoms with Crippen molar-refractivity contribution in [2.75, 3.05) is 0 Å². The molecule has 0 aromatic rings. The molecule has 0 aromatic carbocycles. The molecule has 0 bridgehead atoms. The van der Waals surface area contributed by atoms with Crippen molar-refractivity contribution in [3.05, 3.63) is 0 Å². The van der Waals surface area contributed by atoms with Crippen LogP contribution in [0.3, 0.4) is 0 Å². The van der Waals surface area contributed by atoms with Crippen LogP contribution >= 0.6 is 0 Å². The van der Waals surface area contributed by atoms with Gasteiger partial charge in [0.15, 0.2) is 0 Å². The minimum Gasteiger partial charge on any atom is -0.393 e.